The van der Waals surface area contributed by atoms with Crippen molar-refractivity contribution in [3.8, 4) is 5.75 Å². The van der Waals surface area contributed by atoms with E-state index >= 15 is 0 Å². The number of furan rings is 1. The number of methoxy groups -OCH3 is 1. The first-order valence-electron chi connectivity index (χ1n) is 5.11. The smallest absolute Gasteiger partial charge is 0.169 e. The third-order valence-corrected chi connectivity index (χ3v) is 4.03. The predicted molar refractivity (Wildman–Crippen MR) is 82.1 cm³/mol. The van der Waals surface area contributed by atoms with Crippen molar-refractivity contribution in [3.05, 3.63) is 43.6 Å². The zero-order valence-electron chi connectivity index (χ0n) is 9.47. The Kier molecular flexibility index (Phi) is 4.75. The van der Waals surface area contributed by atoms with Crippen LogP contribution in [0.5, 0.6) is 5.75 Å². The minimum absolute atomic E-state index is 0.606. The average molecular weight is 440 g/mol. The van der Waals surface area contributed by atoms with Gasteiger partial charge in [-0.2, -0.15) is 0 Å². The van der Waals surface area contributed by atoms with Gasteiger partial charge in [-0.3, -0.25) is 0 Å². The molecule has 0 fully saturated rings. The van der Waals surface area contributed by atoms with Gasteiger partial charge in [0.25, 0.3) is 0 Å². The quantitative estimate of drug-likeness (QED) is 0.712. The third kappa shape index (κ3) is 3.30. The van der Waals surface area contributed by atoms with E-state index in [2.05, 4.69) is 53.1 Å². The minimum Gasteiger partial charge on any atom is -0.495 e. The molecule has 1 aromatic heterocycles. The zero-order valence-corrected chi connectivity index (χ0v) is 14.2. The van der Waals surface area contributed by atoms with E-state index in [0.717, 1.165) is 30.8 Å². The van der Waals surface area contributed by atoms with Gasteiger partial charge in [-0.25, -0.2) is 0 Å². The van der Waals surface area contributed by atoms with Crippen LogP contribution in [0.25, 0.3) is 0 Å². The summed E-state index contributed by atoms with van der Waals surface area (Å²) in [7, 11) is 1.64. The van der Waals surface area contributed by atoms with Gasteiger partial charge in [0.1, 0.15) is 11.5 Å². The highest BCUT2D eigenvalue weighted by Crippen LogP contribution is 2.34. The molecule has 0 amide bonds. The molecular weight excluding hydrogens is 430 g/mol. The molecule has 1 heterocycles. The topological polar surface area (TPSA) is 34.4 Å². The fourth-order valence-electron chi connectivity index (χ4n) is 1.45. The fraction of sp³-hybridized carbons (Fsp3) is 0.167. The lowest BCUT2D eigenvalue weighted by atomic mass is 10.3. The molecule has 3 nitrogen and oxygen atoms in total. The minimum atomic E-state index is 0.606. The molecule has 1 aromatic carbocycles. The third-order valence-electron chi connectivity index (χ3n) is 2.32. The molecule has 96 valence electrons. The van der Waals surface area contributed by atoms with Gasteiger partial charge in [0.2, 0.25) is 0 Å². The lowest BCUT2D eigenvalue weighted by Crippen LogP contribution is -1.99. The number of hydrogen-bond donors (Lipinski definition) is 1. The highest BCUT2D eigenvalue weighted by atomic mass is 79.9. The van der Waals surface area contributed by atoms with Crippen LogP contribution in [0, 0.1) is 0 Å². The average Bonchev–Trinajstić information content (AvgIpc) is 2.74. The first-order valence-corrected chi connectivity index (χ1v) is 7.49. The second-order valence-electron chi connectivity index (χ2n) is 3.53. The van der Waals surface area contributed by atoms with Crippen LogP contribution in [0.3, 0.4) is 0 Å². The summed E-state index contributed by atoms with van der Waals surface area (Å²) in [5.41, 5.74) is 0.947. The molecule has 18 heavy (non-hydrogen) atoms. The van der Waals surface area contributed by atoms with Crippen molar-refractivity contribution < 1.29 is 9.15 Å². The summed E-state index contributed by atoms with van der Waals surface area (Å²) in [6.07, 6.45) is 0. The summed E-state index contributed by atoms with van der Waals surface area (Å²) in [5, 5.41) is 3.28. The van der Waals surface area contributed by atoms with Crippen LogP contribution < -0.4 is 10.1 Å². The summed E-state index contributed by atoms with van der Waals surface area (Å²) >= 11 is 10.2. The van der Waals surface area contributed by atoms with Crippen LogP contribution in [-0.4, -0.2) is 7.11 Å². The molecule has 0 aliphatic rings. The van der Waals surface area contributed by atoms with Crippen LogP contribution in [0.4, 0.5) is 5.69 Å². The van der Waals surface area contributed by atoms with Crippen molar-refractivity contribution in [1.82, 2.24) is 0 Å². The number of halogens is 3. The Morgan fingerprint density at radius 3 is 2.56 bits per heavy atom. The first-order chi connectivity index (χ1) is 8.60. The van der Waals surface area contributed by atoms with Gasteiger partial charge < -0.3 is 14.5 Å². The number of ether oxygens (including phenoxy) is 1. The van der Waals surface area contributed by atoms with E-state index in [0.29, 0.717) is 6.54 Å². The molecular formula is C12H10Br3NO2. The summed E-state index contributed by atoms with van der Waals surface area (Å²) in [4.78, 5) is 0. The van der Waals surface area contributed by atoms with E-state index in [1.165, 1.54) is 0 Å². The molecule has 0 saturated carbocycles. The molecule has 0 unspecified atom stereocenters. The van der Waals surface area contributed by atoms with Gasteiger partial charge in [0.15, 0.2) is 4.67 Å². The molecule has 0 spiro atoms. The Hall–Kier alpha value is -0.460. The van der Waals surface area contributed by atoms with Crippen LogP contribution in [0.15, 0.2) is 42.3 Å². The zero-order chi connectivity index (χ0) is 13.1. The first kappa shape index (κ1) is 14.0. The summed E-state index contributed by atoms with van der Waals surface area (Å²) in [6.45, 7) is 0.606. The van der Waals surface area contributed by atoms with E-state index in [-0.39, 0.29) is 0 Å². The van der Waals surface area contributed by atoms with E-state index in [4.69, 9.17) is 9.15 Å². The number of anilines is 1. The highest BCUT2D eigenvalue weighted by molar-refractivity contribution is 9.11. The number of hydrogen-bond acceptors (Lipinski definition) is 3. The fourth-order valence-corrected chi connectivity index (χ4v) is 3.09. The number of rotatable bonds is 4. The van der Waals surface area contributed by atoms with E-state index in [1.807, 2.05) is 24.3 Å². The van der Waals surface area contributed by atoms with E-state index in [9.17, 15) is 0 Å². The second-order valence-corrected chi connectivity index (χ2v) is 6.02. The molecule has 1 N–H and O–H groups in total. The van der Waals surface area contributed by atoms with E-state index in [1.54, 1.807) is 7.11 Å². The number of benzene rings is 1. The summed E-state index contributed by atoms with van der Waals surface area (Å²) in [6, 6.07) is 7.65. The van der Waals surface area contributed by atoms with Gasteiger partial charge in [0, 0.05) is 10.5 Å². The maximum Gasteiger partial charge on any atom is 0.169 e. The lowest BCUT2D eigenvalue weighted by molar-refractivity contribution is 0.412. The Bertz CT molecular complexity index is 554. The molecule has 0 saturated heterocycles. The van der Waals surface area contributed by atoms with Crippen molar-refractivity contribution in [2.75, 3.05) is 12.4 Å². The Morgan fingerprint density at radius 1 is 1.17 bits per heavy atom. The normalized spacial score (nSPS) is 10.4. The van der Waals surface area contributed by atoms with Gasteiger partial charge >= 0.3 is 0 Å². The van der Waals surface area contributed by atoms with Crippen molar-refractivity contribution in [3.63, 3.8) is 0 Å². The molecule has 0 aliphatic heterocycles. The highest BCUT2D eigenvalue weighted by Gasteiger charge is 2.07. The largest absolute Gasteiger partial charge is 0.495 e. The summed E-state index contributed by atoms with van der Waals surface area (Å²) < 4.78 is 13.3. The monoisotopic (exact) mass is 437 g/mol. The molecule has 0 radical (unpaired) electrons. The molecule has 2 rings (SSSR count). The van der Waals surface area contributed by atoms with Crippen molar-refractivity contribution in [2.24, 2.45) is 0 Å². The molecule has 2 aromatic rings. The Balaban J connectivity index is 2.13. The van der Waals surface area contributed by atoms with E-state index < -0.39 is 0 Å². The molecule has 6 heteroatoms. The Morgan fingerprint density at radius 2 is 1.94 bits per heavy atom. The van der Waals surface area contributed by atoms with Gasteiger partial charge in [-0.05, 0) is 66.0 Å². The summed E-state index contributed by atoms with van der Waals surface area (Å²) in [5.74, 6) is 1.64. The SMILES string of the molecule is COc1cc(NCc2ccc(Br)o2)c(Br)cc1Br. The predicted octanol–water partition coefficient (Wildman–Crippen LogP) is 5.19. The van der Waals surface area contributed by atoms with Crippen molar-refractivity contribution >= 4 is 53.5 Å². The molecule has 0 bridgehead atoms. The van der Waals surface area contributed by atoms with Crippen molar-refractivity contribution in [2.45, 2.75) is 6.54 Å². The van der Waals surface area contributed by atoms with Crippen LogP contribution >= 0.6 is 47.8 Å². The van der Waals surface area contributed by atoms with Gasteiger partial charge in [-0.15, -0.1) is 0 Å². The second kappa shape index (κ2) is 6.12. The van der Waals surface area contributed by atoms with Crippen LogP contribution in [0.2, 0.25) is 0 Å². The lowest BCUT2D eigenvalue weighted by Gasteiger charge is -2.11. The van der Waals surface area contributed by atoms with Crippen LogP contribution in [-0.2, 0) is 6.54 Å². The maximum absolute atomic E-state index is 5.42. The van der Waals surface area contributed by atoms with Crippen LogP contribution in [0.1, 0.15) is 5.76 Å². The van der Waals surface area contributed by atoms with Gasteiger partial charge in [-0.1, -0.05) is 0 Å². The maximum atomic E-state index is 5.42. The van der Waals surface area contributed by atoms with Gasteiger partial charge in [0.05, 0.1) is 23.8 Å². The standard InChI is InChI=1S/C12H10Br3NO2/c1-17-11-5-10(8(13)4-9(11)14)16-6-7-2-3-12(15)18-7/h2-5,16H,6H2,1H3. The number of nitrogens with one attached hydrogen (secondary N) is 1. The Labute approximate surface area is 130 Å². The molecule has 0 aliphatic carbocycles. The molecule has 0 atom stereocenters. The van der Waals surface area contributed by atoms with Crippen molar-refractivity contribution in [1.29, 1.82) is 0 Å².